The van der Waals surface area contributed by atoms with E-state index in [1.165, 1.54) is 32.7 Å². The summed E-state index contributed by atoms with van der Waals surface area (Å²) in [6, 6.07) is 58.3. The van der Waals surface area contributed by atoms with Crippen LogP contribution in [0.4, 0.5) is 0 Å². The molecule has 0 radical (unpaired) electrons. The lowest BCUT2D eigenvalue weighted by Crippen LogP contribution is -2.03. The predicted molar refractivity (Wildman–Crippen MR) is 202 cm³/mol. The third-order valence-electron chi connectivity index (χ3n) is 10.0. The van der Waals surface area contributed by atoms with Gasteiger partial charge in [-0.05, 0) is 71.4 Å². The molecule has 0 aliphatic heterocycles. The van der Waals surface area contributed by atoms with E-state index >= 15 is 0 Å². The van der Waals surface area contributed by atoms with Gasteiger partial charge in [0.1, 0.15) is 5.65 Å². The lowest BCUT2D eigenvalue weighted by Gasteiger charge is -2.12. The van der Waals surface area contributed by atoms with Gasteiger partial charge in [-0.3, -0.25) is 13.5 Å². The first-order chi connectivity index (χ1) is 24.3. The summed E-state index contributed by atoms with van der Waals surface area (Å²) < 4.78 is 6.97. The molecule has 0 saturated heterocycles. The minimum atomic E-state index is 0.660. The summed E-state index contributed by atoms with van der Waals surface area (Å²) in [7, 11) is 0. The monoisotopic (exact) mass is 625 g/mol. The van der Waals surface area contributed by atoms with Crippen molar-refractivity contribution in [3.8, 4) is 22.9 Å². The molecule has 0 N–H and O–H groups in total. The van der Waals surface area contributed by atoms with Gasteiger partial charge < -0.3 is 0 Å². The Morgan fingerprint density at radius 1 is 0.388 bits per heavy atom. The van der Waals surface area contributed by atoms with E-state index in [1.54, 1.807) is 0 Å². The number of fused-ring (bicyclic) bond motifs is 10. The van der Waals surface area contributed by atoms with Gasteiger partial charge in [-0.2, -0.15) is 0 Å². The van der Waals surface area contributed by atoms with Crippen molar-refractivity contribution in [2.75, 3.05) is 0 Å². The highest BCUT2D eigenvalue weighted by atomic mass is 15.2. The molecule has 5 nitrogen and oxygen atoms in total. The zero-order valence-corrected chi connectivity index (χ0v) is 26.3. The van der Waals surface area contributed by atoms with Gasteiger partial charge in [-0.25, -0.2) is 9.97 Å². The van der Waals surface area contributed by atoms with Gasteiger partial charge in [0.05, 0.1) is 38.8 Å². The largest absolute Gasteiger partial charge is 0.294 e. The average molecular weight is 626 g/mol. The fourth-order valence-electron chi connectivity index (χ4n) is 7.83. The number of para-hydroxylation sites is 5. The Hall–Kier alpha value is -6.72. The zero-order chi connectivity index (χ0) is 32.1. The van der Waals surface area contributed by atoms with Crippen LogP contribution >= 0.6 is 0 Å². The first-order valence-electron chi connectivity index (χ1n) is 16.6. The van der Waals surface area contributed by atoms with E-state index < -0.39 is 0 Å². The average Bonchev–Trinajstić information content (AvgIpc) is 3.81. The van der Waals surface area contributed by atoms with E-state index in [1.807, 2.05) is 0 Å². The lowest BCUT2D eigenvalue weighted by molar-refractivity contribution is 1.01. The van der Waals surface area contributed by atoms with Gasteiger partial charge in [-0.15, -0.1) is 0 Å². The summed E-state index contributed by atoms with van der Waals surface area (Å²) in [6.45, 7) is 0. The number of hydrogen-bond donors (Lipinski definition) is 0. The molecule has 0 spiro atoms. The molecule has 11 aromatic rings. The highest BCUT2D eigenvalue weighted by Gasteiger charge is 2.20. The standard InChI is InChI=1S/C44H27N5/c1-2-12-29-25-31(22-21-28(29)11-1)43-34-15-4-6-16-36(34)45-44(46-43)49-38-18-8-5-14-33(38)35-27-32(23-24-39(35)49)47-40-19-9-10-20-41(40)48-37-17-7-3-13-30(37)26-42(47)48/h1-27H. The number of benzene rings is 7. The Kier molecular flexibility index (Phi) is 5.32. The van der Waals surface area contributed by atoms with Crippen LogP contribution in [0.15, 0.2) is 164 Å². The van der Waals surface area contributed by atoms with Crippen LogP contribution in [0.1, 0.15) is 0 Å². The van der Waals surface area contributed by atoms with Crippen molar-refractivity contribution in [1.82, 2.24) is 23.5 Å². The molecule has 0 aliphatic rings. The SMILES string of the molecule is c1ccc2cc(-c3nc(-n4c5ccccc5c5cc(-n6c7ccccc7n7c8ccccc8cc67)ccc54)nc4ccccc34)ccc2c1. The number of hydrogen-bond acceptors (Lipinski definition) is 2. The molecule has 49 heavy (non-hydrogen) atoms. The van der Waals surface area contributed by atoms with E-state index in [9.17, 15) is 0 Å². The van der Waals surface area contributed by atoms with Crippen LogP contribution in [-0.2, 0) is 0 Å². The van der Waals surface area contributed by atoms with Crippen LogP contribution in [0, 0.1) is 0 Å². The van der Waals surface area contributed by atoms with Gasteiger partial charge in [0.2, 0.25) is 5.95 Å². The number of nitrogens with zero attached hydrogens (tertiary/aromatic N) is 5. The number of aromatic nitrogens is 5. The van der Waals surface area contributed by atoms with E-state index in [2.05, 4.69) is 177 Å². The summed E-state index contributed by atoms with van der Waals surface area (Å²) in [5.41, 5.74) is 10.9. The molecule has 228 valence electrons. The Morgan fingerprint density at radius 2 is 1.06 bits per heavy atom. The molecule has 7 aromatic carbocycles. The predicted octanol–water partition coefficient (Wildman–Crippen LogP) is 10.9. The molecule has 0 bridgehead atoms. The molecule has 0 aliphatic carbocycles. The molecular formula is C44H27N5. The number of rotatable bonds is 3. The van der Waals surface area contributed by atoms with Gasteiger partial charge in [0, 0.05) is 32.8 Å². The Morgan fingerprint density at radius 3 is 1.94 bits per heavy atom. The molecule has 0 amide bonds. The van der Waals surface area contributed by atoms with Crippen molar-refractivity contribution in [2.45, 2.75) is 0 Å². The van der Waals surface area contributed by atoms with Gasteiger partial charge in [0.25, 0.3) is 0 Å². The maximum absolute atomic E-state index is 5.34. The van der Waals surface area contributed by atoms with Crippen molar-refractivity contribution in [2.24, 2.45) is 0 Å². The first-order valence-corrected chi connectivity index (χ1v) is 16.6. The van der Waals surface area contributed by atoms with Crippen LogP contribution in [0.5, 0.6) is 0 Å². The molecule has 0 fully saturated rings. The molecule has 4 aromatic heterocycles. The maximum Gasteiger partial charge on any atom is 0.235 e. The van der Waals surface area contributed by atoms with E-state index in [4.69, 9.17) is 9.97 Å². The topological polar surface area (TPSA) is 40.0 Å². The fourth-order valence-corrected chi connectivity index (χ4v) is 7.83. The summed E-state index contributed by atoms with van der Waals surface area (Å²) >= 11 is 0. The van der Waals surface area contributed by atoms with Crippen LogP contribution in [0.2, 0.25) is 0 Å². The molecule has 5 heteroatoms. The van der Waals surface area contributed by atoms with Gasteiger partial charge in [-0.1, -0.05) is 103 Å². The third-order valence-corrected chi connectivity index (χ3v) is 10.0. The molecular weight excluding hydrogens is 599 g/mol. The highest BCUT2D eigenvalue weighted by Crippen LogP contribution is 2.37. The second kappa shape index (κ2) is 9.89. The molecule has 0 saturated carbocycles. The lowest BCUT2D eigenvalue weighted by atomic mass is 10.0. The van der Waals surface area contributed by atoms with Crippen molar-refractivity contribution >= 4 is 71.1 Å². The quantitative estimate of drug-likeness (QED) is 0.196. The minimum Gasteiger partial charge on any atom is -0.294 e. The van der Waals surface area contributed by atoms with Crippen molar-refractivity contribution in [1.29, 1.82) is 0 Å². The maximum atomic E-state index is 5.34. The third kappa shape index (κ3) is 3.75. The Balaban J connectivity index is 1.18. The molecule has 11 rings (SSSR count). The van der Waals surface area contributed by atoms with E-state index in [-0.39, 0.29) is 0 Å². The van der Waals surface area contributed by atoms with Crippen molar-refractivity contribution in [3.63, 3.8) is 0 Å². The highest BCUT2D eigenvalue weighted by molar-refractivity contribution is 6.10. The van der Waals surface area contributed by atoms with E-state index in [0.29, 0.717) is 5.95 Å². The van der Waals surface area contributed by atoms with Crippen molar-refractivity contribution < 1.29 is 0 Å². The second-order valence-electron chi connectivity index (χ2n) is 12.7. The van der Waals surface area contributed by atoms with Gasteiger partial charge >= 0.3 is 0 Å². The Labute approximate surface area is 280 Å². The Bertz CT molecular complexity index is 3120. The smallest absolute Gasteiger partial charge is 0.235 e. The zero-order valence-electron chi connectivity index (χ0n) is 26.3. The molecule has 0 atom stereocenters. The van der Waals surface area contributed by atoms with Crippen LogP contribution in [-0.4, -0.2) is 23.5 Å². The first kappa shape index (κ1) is 26.4. The van der Waals surface area contributed by atoms with Crippen LogP contribution < -0.4 is 0 Å². The summed E-state index contributed by atoms with van der Waals surface area (Å²) in [6.07, 6.45) is 0. The van der Waals surface area contributed by atoms with Crippen molar-refractivity contribution in [3.05, 3.63) is 164 Å². The van der Waals surface area contributed by atoms with Crippen LogP contribution in [0.25, 0.3) is 94.0 Å². The molecule has 4 heterocycles. The molecule has 0 unspecified atom stereocenters. The normalized spacial score (nSPS) is 12.1. The number of imidazole rings is 1. The van der Waals surface area contributed by atoms with Gasteiger partial charge in [0.15, 0.2) is 0 Å². The second-order valence-corrected chi connectivity index (χ2v) is 12.7. The fraction of sp³-hybridized carbons (Fsp3) is 0. The summed E-state index contributed by atoms with van der Waals surface area (Å²) in [4.78, 5) is 10.5. The van der Waals surface area contributed by atoms with Crippen LogP contribution in [0.3, 0.4) is 0 Å². The summed E-state index contributed by atoms with van der Waals surface area (Å²) in [5, 5.41) is 6.98. The minimum absolute atomic E-state index is 0.660. The van der Waals surface area contributed by atoms with E-state index in [0.717, 1.165) is 55.3 Å². The summed E-state index contributed by atoms with van der Waals surface area (Å²) in [5.74, 6) is 0.660.